The summed E-state index contributed by atoms with van der Waals surface area (Å²) in [7, 11) is 0. The molecule has 0 amide bonds. The van der Waals surface area contributed by atoms with Crippen molar-refractivity contribution in [3.8, 4) is 16.9 Å². The lowest BCUT2D eigenvalue weighted by molar-refractivity contribution is -0.275. The van der Waals surface area contributed by atoms with Crippen LogP contribution in [0.15, 0.2) is 35.9 Å². The Morgan fingerprint density at radius 2 is 1.76 bits per heavy atom. The summed E-state index contributed by atoms with van der Waals surface area (Å²) < 4.78 is 84.1. The fourth-order valence-electron chi connectivity index (χ4n) is 3.57. The number of halogens is 6. The zero-order valence-electron chi connectivity index (χ0n) is 15.8. The lowest BCUT2D eigenvalue weighted by Gasteiger charge is -2.20. The molecule has 0 spiro atoms. The molecule has 0 aliphatic heterocycles. The molecule has 0 radical (unpaired) electrons. The summed E-state index contributed by atoms with van der Waals surface area (Å²) in [5, 5.41) is 0. The summed E-state index contributed by atoms with van der Waals surface area (Å²) in [4.78, 5) is 0. The summed E-state index contributed by atoms with van der Waals surface area (Å²) >= 11 is 0. The van der Waals surface area contributed by atoms with Gasteiger partial charge in [0.15, 0.2) is 11.6 Å². The van der Waals surface area contributed by atoms with Crippen LogP contribution in [0.5, 0.6) is 5.75 Å². The monoisotopic (exact) mass is 414 g/mol. The molecular formula is C22H20F6O. The molecule has 3 rings (SSSR count). The highest BCUT2D eigenvalue weighted by Crippen LogP contribution is 2.36. The fourth-order valence-corrected chi connectivity index (χ4v) is 3.57. The third-order valence-corrected chi connectivity index (χ3v) is 4.97. The Labute approximate surface area is 165 Å². The van der Waals surface area contributed by atoms with E-state index in [0.717, 1.165) is 37.3 Å². The number of hydrogen-bond acceptors (Lipinski definition) is 1. The molecule has 2 aromatic rings. The highest BCUT2D eigenvalue weighted by atomic mass is 19.4. The van der Waals surface area contributed by atoms with E-state index >= 15 is 4.39 Å². The molecular weight excluding hydrogens is 394 g/mol. The maximum absolute atomic E-state index is 15.0. The normalized spacial score (nSPS) is 13.8. The molecule has 0 unspecified atom stereocenters. The van der Waals surface area contributed by atoms with Gasteiger partial charge >= 0.3 is 6.36 Å². The zero-order chi connectivity index (χ0) is 21.2. The van der Waals surface area contributed by atoms with Gasteiger partial charge in [0.05, 0.1) is 5.56 Å². The largest absolute Gasteiger partial charge is 0.573 e. The molecule has 2 aromatic carbocycles. The molecule has 156 valence electrons. The van der Waals surface area contributed by atoms with Gasteiger partial charge in [0.1, 0.15) is 11.6 Å². The highest BCUT2D eigenvalue weighted by Gasteiger charge is 2.32. The molecule has 1 nitrogen and oxygen atoms in total. The molecule has 0 bridgehead atoms. The number of alkyl halides is 3. The maximum Gasteiger partial charge on any atom is 0.573 e. The van der Waals surface area contributed by atoms with Crippen LogP contribution in [-0.2, 0) is 12.8 Å². The second kappa shape index (κ2) is 8.51. The minimum atomic E-state index is -5.06. The van der Waals surface area contributed by atoms with Crippen molar-refractivity contribution in [1.29, 1.82) is 0 Å². The third-order valence-electron chi connectivity index (χ3n) is 4.97. The van der Waals surface area contributed by atoms with E-state index in [4.69, 9.17) is 0 Å². The van der Waals surface area contributed by atoms with Gasteiger partial charge < -0.3 is 4.74 Å². The van der Waals surface area contributed by atoms with Crippen molar-refractivity contribution < 1.29 is 31.1 Å². The van der Waals surface area contributed by atoms with Crippen LogP contribution >= 0.6 is 0 Å². The van der Waals surface area contributed by atoms with Gasteiger partial charge in [0.25, 0.3) is 0 Å². The summed E-state index contributed by atoms with van der Waals surface area (Å²) in [5.74, 6) is -4.10. The van der Waals surface area contributed by atoms with E-state index in [0.29, 0.717) is 36.1 Å². The topological polar surface area (TPSA) is 9.23 Å². The van der Waals surface area contributed by atoms with E-state index in [1.165, 1.54) is 6.07 Å². The van der Waals surface area contributed by atoms with Gasteiger partial charge in [-0.1, -0.05) is 37.5 Å². The number of hydrogen-bond donors (Lipinski definition) is 0. The fraction of sp³-hybridized carbons (Fsp3) is 0.364. The first-order valence-corrected chi connectivity index (χ1v) is 9.43. The number of benzene rings is 2. The minimum Gasteiger partial charge on any atom is -0.403 e. The zero-order valence-corrected chi connectivity index (χ0v) is 15.8. The molecule has 0 atom stereocenters. The van der Waals surface area contributed by atoms with Crippen LogP contribution in [0.1, 0.15) is 43.7 Å². The number of fused-ring (bicyclic) bond motifs is 1. The Bertz CT molecular complexity index is 930. The first-order valence-electron chi connectivity index (χ1n) is 9.43. The summed E-state index contributed by atoms with van der Waals surface area (Å²) in [5.41, 5.74) is 1.38. The average Bonchev–Trinajstić information content (AvgIpc) is 2.63. The first-order chi connectivity index (χ1) is 13.7. The van der Waals surface area contributed by atoms with Crippen molar-refractivity contribution in [2.75, 3.05) is 0 Å². The van der Waals surface area contributed by atoms with Gasteiger partial charge in [0, 0.05) is 0 Å². The number of allylic oxidation sites excluding steroid dienone is 2. The average molecular weight is 414 g/mol. The van der Waals surface area contributed by atoms with E-state index in [-0.39, 0.29) is 5.56 Å². The standard InChI is InChI=1S/C22H20F6O/c1-2-3-4-5-13-6-8-16-15(10-13)12-18(24)20(21(16)25)14-7-9-19(17(23)11-14)29-22(26,27)28/h6-7,9,11-12H,2-5,8,10H2,1H3. The van der Waals surface area contributed by atoms with Crippen LogP contribution in [-0.4, -0.2) is 6.36 Å². The summed E-state index contributed by atoms with van der Waals surface area (Å²) in [6, 6.07) is 3.59. The molecule has 0 aromatic heterocycles. The molecule has 0 heterocycles. The number of unbranched alkanes of at least 4 members (excludes halogenated alkanes) is 2. The first kappa shape index (κ1) is 21.3. The van der Waals surface area contributed by atoms with E-state index in [2.05, 4.69) is 11.7 Å². The predicted molar refractivity (Wildman–Crippen MR) is 98.1 cm³/mol. The van der Waals surface area contributed by atoms with Gasteiger partial charge in [-0.2, -0.15) is 0 Å². The lowest BCUT2D eigenvalue weighted by Crippen LogP contribution is -2.18. The summed E-state index contributed by atoms with van der Waals surface area (Å²) in [6.45, 7) is 2.10. The van der Waals surface area contributed by atoms with Crippen LogP contribution in [0.4, 0.5) is 26.3 Å². The van der Waals surface area contributed by atoms with Crippen molar-refractivity contribution in [3.05, 3.63) is 64.5 Å². The van der Waals surface area contributed by atoms with Crippen molar-refractivity contribution in [3.63, 3.8) is 0 Å². The van der Waals surface area contributed by atoms with Crippen molar-refractivity contribution in [2.45, 2.75) is 51.8 Å². The molecule has 7 heteroatoms. The van der Waals surface area contributed by atoms with Crippen LogP contribution in [0, 0.1) is 17.5 Å². The van der Waals surface area contributed by atoms with Gasteiger partial charge in [0.2, 0.25) is 0 Å². The van der Waals surface area contributed by atoms with Crippen molar-refractivity contribution in [2.24, 2.45) is 0 Å². The van der Waals surface area contributed by atoms with Gasteiger partial charge in [-0.05, 0) is 60.6 Å². The van der Waals surface area contributed by atoms with Crippen LogP contribution in [0.25, 0.3) is 11.1 Å². The quantitative estimate of drug-likeness (QED) is 0.274. The van der Waals surface area contributed by atoms with Crippen molar-refractivity contribution in [1.82, 2.24) is 0 Å². The third kappa shape index (κ3) is 4.95. The Morgan fingerprint density at radius 1 is 1.00 bits per heavy atom. The number of ether oxygens (including phenoxy) is 1. The Morgan fingerprint density at radius 3 is 2.41 bits per heavy atom. The SMILES string of the molecule is CCCCCC1=CCc2c(cc(F)c(-c3ccc(OC(F)(F)F)c(F)c3)c2F)C1. The van der Waals surface area contributed by atoms with Gasteiger partial charge in [-0.25, -0.2) is 13.2 Å². The molecule has 0 saturated carbocycles. The van der Waals surface area contributed by atoms with Crippen LogP contribution < -0.4 is 4.74 Å². The molecule has 1 aliphatic carbocycles. The second-order valence-electron chi connectivity index (χ2n) is 7.08. The maximum atomic E-state index is 15.0. The lowest BCUT2D eigenvalue weighted by atomic mass is 9.86. The Hall–Kier alpha value is -2.44. The smallest absolute Gasteiger partial charge is 0.403 e. The van der Waals surface area contributed by atoms with E-state index in [9.17, 15) is 22.0 Å². The predicted octanol–water partition coefficient (Wildman–Crippen LogP) is 7.27. The van der Waals surface area contributed by atoms with E-state index < -0.39 is 35.1 Å². The highest BCUT2D eigenvalue weighted by molar-refractivity contribution is 5.68. The second-order valence-corrected chi connectivity index (χ2v) is 7.08. The molecule has 0 N–H and O–H groups in total. The molecule has 29 heavy (non-hydrogen) atoms. The summed E-state index contributed by atoms with van der Waals surface area (Å²) in [6.07, 6.45) is 1.70. The Balaban J connectivity index is 1.90. The van der Waals surface area contributed by atoms with Crippen LogP contribution in [0.3, 0.4) is 0 Å². The van der Waals surface area contributed by atoms with Crippen LogP contribution in [0.2, 0.25) is 0 Å². The van der Waals surface area contributed by atoms with Gasteiger partial charge in [-0.3, -0.25) is 0 Å². The van der Waals surface area contributed by atoms with Crippen molar-refractivity contribution >= 4 is 0 Å². The molecule has 0 fully saturated rings. The number of rotatable bonds is 6. The van der Waals surface area contributed by atoms with E-state index in [1.54, 1.807) is 0 Å². The van der Waals surface area contributed by atoms with Gasteiger partial charge in [-0.15, -0.1) is 13.2 Å². The molecule has 0 saturated heterocycles. The van der Waals surface area contributed by atoms with E-state index in [1.807, 2.05) is 6.08 Å². The molecule has 1 aliphatic rings. The Kier molecular flexibility index (Phi) is 6.24. The minimum absolute atomic E-state index is 0.187.